The molecule has 0 aromatic heterocycles. The molecule has 0 aliphatic heterocycles. The summed E-state index contributed by atoms with van der Waals surface area (Å²) in [5.41, 5.74) is -8.20. The Morgan fingerprint density at radius 2 is 1.38 bits per heavy atom. The van der Waals surface area contributed by atoms with E-state index < -0.39 is 105 Å². The lowest BCUT2D eigenvalue weighted by Gasteiger charge is -2.62. The second-order valence-electron chi connectivity index (χ2n) is 20.8. The van der Waals surface area contributed by atoms with Crippen molar-refractivity contribution < 1.29 is 63.1 Å². The zero-order chi connectivity index (χ0) is 44.3. The number of carbonyl (C=O) groups excluding carboxylic acids is 6. The van der Waals surface area contributed by atoms with Crippen molar-refractivity contribution in [2.24, 2.45) is 57.2 Å². The number of fused-ring (bicyclic) bond motifs is 10. The van der Waals surface area contributed by atoms with Gasteiger partial charge in [-0.2, -0.15) is 0 Å². The molecular formula is C48H61FO12. The molecular weight excluding hydrogens is 788 g/mol. The number of halogens is 1. The summed E-state index contributed by atoms with van der Waals surface area (Å²) in [6, 6.07) is 0. The van der Waals surface area contributed by atoms with E-state index in [9.17, 15) is 49.2 Å². The maximum atomic E-state index is 17.5. The van der Waals surface area contributed by atoms with Crippen LogP contribution < -0.4 is 0 Å². The number of carbonyl (C=O) groups is 6. The van der Waals surface area contributed by atoms with Gasteiger partial charge in [-0.15, -0.1) is 0 Å². The van der Waals surface area contributed by atoms with Crippen molar-refractivity contribution in [2.75, 3.05) is 13.2 Å². The largest absolute Gasteiger partial charge is 0.458 e. The van der Waals surface area contributed by atoms with Gasteiger partial charge in [0.15, 0.2) is 30.4 Å². The first-order valence-electron chi connectivity index (χ1n) is 22.3. The molecule has 8 aliphatic rings. The summed E-state index contributed by atoms with van der Waals surface area (Å²) < 4.78 is 28.1. The van der Waals surface area contributed by atoms with Gasteiger partial charge in [0.05, 0.1) is 12.2 Å². The van der Waals surface area contributed by atoms with Crippen molar-refractivity contribution in [1.29, 1.82) is 0 Å². The Balaban J connectivity index is 0.824. The van der Waals surface area contributed by atoms with Crippen LogP contribution in [0.1, 0.15) is 112 Å². The minimum absolute atomic E-state index is 0.0171. The van der Waals surface area contributed by atoms with Gasteiger partial charge >= 0.3 is 11.9 Å². The predicted molar refractivity (Wildman–Crippen MR) is 217 cm³/mol. The van der Waals surface area contributed by atoms with Gasteiger partial charge in [0.1, 0.15) is 11.2 Å². The fourth-order valence-electron chi connectivity index (χ4n) is 15.0. The van der Waals surface area contributed by atoms with Crippen LogP contribution in [0.2, 0.25) is 0 Å². The number of ketones is 4. The number of alkyl halides is 1. The third-order valence-electron chi connectivity index (χ3n) is 18.2. The van der Waals surface area contributed by atoms with E-state index in [1.165, 1.54) is 12.2 Å². The van der Waals surface area contributed by atoms with Crippen LogP contribution in [0, 0.1) is 57.2 Å². The van der Waals surface area contributed by atoms with Crippen LogP contribution in [0.25, 0.3) is 0 Å². The Hall–Kier alpha value is -3.65. The normalized spacial score (nSPS) is 46.8. The second-order valence-corrected chi connectivity index (χ2v) is 20.8. The SMILES string of the molecule is C[C@H]1CC2C3CCC4=CC(=O)C=C[C@]4(C)[C@@]3(F)[C@@H](O)C[C@]2(C)[C@@]1(O)C(=O)COC(=O)CCCC(=O)OCC(=O)[C@@]1(O)CCC2C3CCC4=CC(=O)C=C[C@]4(C)C3[C@@H](O)C[C@@]21C. The summed E-state index contributed by atoms with van der Waals surface area (Å²) in [5.74, 6) is -5.23. The van der Waals surface area contributed by atoms with Gasteiger partial charge in [-0.25, -0.2) is 4.39 Å². The van der Waals surface area contributed by atoms with Crippen molar-refractivity contribution in [1.82, 2.24) is 0 Å². The maximum absolute atomic E-state index is 17.5. The highest BCUT2D eigenvalue weighted by molar-refractivity contribution is 6.02. The first kappa shape index (κ1) is 44.0. The molecule has 332 valence electrons. The molecule has 0 spiro atoms. The number of rotatable bonds is 10. The third-order valence-corrected chi connectivity index (χ3v) is 18.2. The van der Waals surface area contributed by atoms with Crippen LogP contribution >= 0.6 is 0 Å². The summed E-state index contributed by atoms with van der Waals surface area (Å²) in [7, 11) is 0. The topological polar surface area (TPSA) is 202 Å². The van der Waals surface area contributed by atoms with E-state index in [2.05, 4.69) is 6.92 Å². The monoisotopic (exact) mass is 848 g/mol. The fraction of sp³-hybridized carbons (Fsp3) is 0.708. The lowest BCUT2D eigenvalue weighted by molar-refractivity contribution is -0.220. The number of esters is 2. The Morgan fingerprint density at radius 1 is 0.770 bits per heavy atom. The first-order valence-corrected chi connectivity index (χ1v) is 22.3. The van der Waals surface area contributed by atoms with Crippen LogP contribution in [0.5, 0.6) is 0 Å². The van der Waals surface area contributed by atoms with Crippen LogP contribution in [-0.4, -0.2) is 97.8 Å². The van der Waals surface area contributed by atoms with Crippen molar-refractivity contribution in [3.63, 3.8) is 0 Å². The number of hydrogen-bond donors (Lipinski definition) is 4. The van der Waals surface area contributed by atoms with E-state index in [1.807, 2.05) is 13.0 Å². The molecule has 15 atom stereocenters. The van der Waals surface area contributed by atoms with E-state index in [-0.39, 0.29) is 67.8 Å². The first-order chi connectivity index (χ1) is 28.5. The standard InChI is InChI=1S/C48H61FO12/c1-26-19-34-33-12-10-28-21-30(51)14-17-43(28,3)47(33,49)36(53)23-45(34,5)48(26,59)38(55)25-61-40(57)8-6-7-39(56)60-24-37(54)46(58)18-15-32-31-11-9-27-20-29(50)13-16-42(27,2)41(31)35(52)22-44(32,46)4/h13-14,16-17,20-21,26,31-36,41,52-53,58-59H,6-12,15,18-19,22-25H2,1-5H3/t26-,31?,32?,33?,34?,35-,36-,41?,42-,43-,44-,45-,46-,47-,48-/m0/s1. The minimum Gasteiger partial charge on any atom is -0.458 e. The molecule has 4 N–H and O–H groups in total. The molecule has 0 bridgehead atoms. The molecule has 61 heavy (non-hydrogen) atoms. The number of ether oxygens (including phenoxy) is 2. The van der Waals surface area contributed by atoms with Crippen LogP contribution in [0.4, 0.5) is 4.39 Å². The summed E-state index contributed by atoms with van der Waals surface area (Å²) in [4.78, 5) is 77.4. The lowest BCUT2D eigenvalue weighted by Crippen LogP contribution is -2.69. The average Bonchev–Trinajstić information content (AvgIpc) is 3.59. The highest BCUT2D eigenvalue weighted by atomic mass is 19.1. The Labute approximate surface area is 356 Å². The molecule has 0 amide bonds. The number of allylic oxidation sites excluding steroid dienone is 8. The number of Topliss-reactive ketones (excluding diaryl/α,β-unsaturated/α-hetero) is 2. The van der Waals surface area contributed by atoms with Crippen LogP contribution in [0.15, 0.2) is 47.6 Å². The molecule has 0 radical (unpaired) electrons. The smallest absolute Gasteiger partial charge is 0.306 e. The molecule has 6 fully saturated rings. The summed E-state index contributed by atoms with van der Waals surface area (Å²) in [5, 5.41) is 47.4. The van der Waals surface area contributed by atoms with E-state index in [0.717, 1.165) is 12.0 Å². The predicted octanol–water partition coefficient (Wildman–Crippen LogP) is 4.74. The Morgan fingerprint density at radius 3 is 2.05 bits per heavy atom. The molecule has 12 nitrogen and oxygen atoms in total. The summed E-state index contributed by atoms with van der Waals surface area (Å²) >= 11 is 0. The average molecular weight is 849 g/mol. The number of aliphatic hydroxyl groups excluding tert-OH is 2. The van der Waals surface area contributed by atoms with Gasteiger partial charge in [-0.05, 0) is 119 Å². The van der Waals surface area contributed by atoms with Gasteiger partial charge in [0.2, 0.25) is 11.6 Å². The van der Waals surface area contributed by atoms with Crippen LogP contribution in [-0.2, 0) is 38.2 Å². The van der Waals surface area contributed by atoms with Crippen molar-refractivity contribution in [3.05, 3.63) is 47.6 Å². The zero-order valence-corrected chi connectivity index (χ0v) is 35.9. The number of hydrogen-bond acceptors (Lipinski definition) is 12. The molecule has 0 saturated heterocycles. The Bertz CT molecular complexity index is 2070. The third kappa shape index (κ3) is 6.09. The van der Waals surface area contributed by atoms with E-state index in [4.69, 9.17) is 9.47 Å². The molecule has 6 saturated carbocycles. The molecule has 8 aliphatic carbocycles. The fourth-order valence-corrected chi connectivity index (χ4v) is 15.0. The quantitative estimate of drug-likeness (QED) is 0.221. The molecule has 5 unspecified atom stereocenters. The molecule has 13 heteroatoms. The van der Waals surface area contributed by atoms with Crippen molar-refractivity contribution in [3.8, 4) is 0 Å². The molecule has 0 aromatic rings. The summed E-state index contributed by atoms with van der Waals surface area (Å²) in [6.45, 7) is 7.59. The molecule has 0 heterocycles. The van der Waals surface area contributed by atoms with Gasteiger partial charge in [-0.3, -0.25) is 28.8 Å². The van der Waals surface area contributed by atoms with Crippen molar-refractivity contribution >= 4 is 35.1 Å². The molecule has 0 aromatic carbocycles. The molecule has 8 rings (SSSR count). The summed E-state index contributed by atoms with van der Waals surface area (Å²) in [6.07, 6.45) is 9.81. The lowest BCUT2D eigenvalue weighted by atomic mass is 9.44. The highest BCUT2D eigenvalue weighted by Crippen LogP contribution is 2.71. The van der Waals surface area contributed by atoms with Gasteiger partial charge in [0.25, 0.3) is 0 Å². The maximum Gasteiger partial charge on any atom is 0.306 e. The van der Waals surface area contributed by atoms with Gasteiger partial charge < -0.3 is 29.9 Å². The van der Waals surface area contributed by atoms with Crippen LogP contribution in [0.3, 0.4) is 0 Å². The minimum atomic E-state index is -2.12. The Kier molecular flexibility index (Phi) is 10.6. The van der Waals surface area contributed by atoms with E-state index in [1.54, 1.807) is 39.0 Å². The van der Waals surface area contributed by atoms with Gasteiger partial charge in [-0.1, -0.05) is 51.0 Å². The van der Waals surface area contributed by atoms with E-state index >= 15 is 4.39 Å². The number of aliphatic hydroxyl groups is 4. The van der Waals surface area contributed by atoms with Crippen molar-refractivity contribution in [2.45, 2.75) is 141 Å². The highest BCUT2D eigenvalue weighted by Gasteiger charge is 2.76. The zero-order valence-electron chi connectivity index (χ0n) is 35.9. The van der Waals surface area contributed by atoms with E-state index in [0.29, 0.717) is 37.7 Å². The van der Waals surface area contributed by atoms with Gasteiger partial charge in [0, 0.05) is 46.3 Å². The second kappa shape index (κ2) is 14.7.